The van der Waals surface area contributed by atoms with Crippen LogP contribution in [0.15, 0.2) is 47.1 Å². The molecule has 0 bridgehead atoms. The number of furan rings is 1. The van der Waals surface area contributed by atoms with Crippen LogP contribution in [-0.2, 0) is 0 Å². The first-order valence-electron chi connectivity index (χ1n) is 6.02. The number of phenolic OH excluding ortho intramolecular Hbond substituents is 1. The van der Waals surface area contributed by atoms with E-state index in [1.165, 1.54) is 18.4 Å². The number of anilines is 1. The van der Waals surface area contributed by atoms with Gasteiger partial charge in [-0.25, -0.2) is 0 Å². The van der Waals surface area contributed by atoms with Crippen LogP contribution in [0.25, 0.3) is 11.0 Å². The molecule has 0 spiro atoms. The molecule has 4 nitrogen and oxygen atoms in total. The Bertz CT molecular complexity index is 842. The van der Waals surface area contributed by atoms with Crippen molar-refractivity contribution in [2.45, 2.75) is 0 Å². The van der Waals surface area contributed by atoms with Crippen LogP contribution in [-0.4, -0.2) is 11.0 Å². The largest absolute Gasteiger partial charge is 0.504 e. The highest BCUT2D eigenvalue weighted by atomic mass is 35.5. The number of fused-ring (bicyclic) bond motifs is 1. The first-order chi connectivity index (χ1) is 10.1. The van der Waals surface area contributed by atoms with Crippen molar-refractivity contribution < 1.29 is 14.3 Å². The van der Waals surface area contributed by atoms with Gasteiger partial charge in [-0.15, -0.1) is 0 Å². The molecule has 0 fully saturated rings. The molecule has 0 saturated heterocycles. The number of phenols is 1. The van der Waals surface area contributed by atoms with Crippen LogP contribution in [0.3, 0.4) is 0 Å². The summed E-state index contributed by atoms with van der Waals surface area (Å²) in [6.07, 6.45) is 1.36. The van der Waals surface area contributed by atoms with Crippen molar-refractivity contribution in [3.8, 4) is 5.75 Å². The summed E-state index contributed by atoms with van der Waals surface area (Å²) in [5.74, 6) is -0.657. The Balaban J connectivity index is 1.97. The SMILES string of the molecule is O=C(Nc1cc(Cl)cc(Cl)c1O)c1coc2ccccc12. The summed E-state index contributed by atoms with van der Waals surface area (Å²) in [4.78, 5) is 12.3. The quantitative estimate of drug-likeness (QED) is 0.672. The van der Waals surface area contributed by atoms with Crippen molar-refractivity contribution in [3.05, 3.63) is 58.3 Å². The molecule has 0 aliphatic rings. The lowest BCUT2D eigenvalue weighted by atomic mass is 10.1. The molecule has 3 aromatic rings. The number of hydrogen-bond donors (Lipinski definition) is 2. The number of hydrogen-bond acceptors (Lipinski definition) is 3. The van der Waals surface area contributed by atoms with Crippen molar-refractivity contribution in [2.75, 3.05) is 5.32 Å². The van der Waals surface area contributed by atoms with Crippen molar-refractivity contribution in [3.63, 3.8) is 0 Å². The maximum atomic E-state index is 12.3. The van der Waals surface area contributed by atoms with E-state index in [0.717, 1.165) is 0 Å². The number of para-hydroxylation sites is 1. The van der Waals surface area contributed by atoms with Gasteiger partial charge in [0.2, 0.25) is 0 Å². The van der Waals surface area contributed by atoms with Gasteiger partial charge in [0.1, 0.15) is 11.8 Å². The van der Waals surface area contributed by atoms with Gasteiger partial charge in [-0.05, 0) is 18.2 Å². The molecule has 6 heteroatoms. The van der Waals surface area contributed by atoms with Crippen LogP contribution >= 0.6 is 23.2 Å². The zero-order valence-electron chi connectivity index (χ0n) is 10.6. The highest BCUT2D eigenvalue weighted by Gasteiger charge is 2.16. The maximum absolute atomic E-state index is 12.3. The third kappa shape index (κ3) is 2.55. The molecule has 1 aromatic heterocycles. The average Bonchev–Trinajstić information content (AvgIpc) is 2.88. The number of amides is 1. The van der Waals surface area contributed by atoms with Gasteiger partial charge in [0.05, 0.1) is 16.3 Å². The van der Waals surface area contributed by atoms with E-state index in [0.29, 0.717) is 21.6 Å². The highest BCUT2D eigenvalue weighted by molar-refractivity contribution is 6.36. The van der Waals surface area contributed by atoms with Crippen molar-refractivity contribution in [1.82, 2.24) is 0 Å². The van der Waals surface area contributed by atoms with Crippen molar-refractivity contribution in [1.29, 1.82) is 0 Å². The van der Waals surface area contributed by atoms with E-state index in [1.807, 2.05) is 12.1 Å². The van der Waals surface area contributed by atoms with E-state index in [1.54, 1.807) is 12.1 Å². The number of carbonyl (C=O) groups is 1. The Morgan fingerprint density at radius 3 is 2.76 bits per heavy atom. The molecule has 1 heterocycles. The summed E-state index contributed by atoms with van der Waals surface area (Å²) in [6.45, 7) is 0. The molecule has 0 aliphatic heterocycles. The van der Waals surface area contributed by atoms with Gasteiger partial charge >= 0.3 is 0 Å². The van der Waals surface area contributed by atoms with Crippen LogP contribution in [0.5, 0.6) is 5.75 Å². The Labute approximate surface area is 129 Å². The fourth-order valence-electron chi connectivity index (χ4n) is 2.00. The fourth-order valence-corrected chi connectivity index (χ4v) is 2.50. The lowest BCUT2D eigenvalue weighted by molar-refractivity contribution is 0.102. The van der Waals surface area contributed by atoms with Gasteiger partial charge < -0.3 is 14.8 Å². The van der Waals surface area contributed by atoms with Gasteiger partial charge in [-0.2, -0.15) is 0 Å². The van der Waals surface area contributed by atoms with Crippen LogP contribution in [0.1, 0.15) is 10.4 Å². The van der Waals surface area contributed by atoms with Gasteiger partial charge in [-0.1, -0.05) is 41.4 Å². The average molecular weight is 322 g/mol. The predicted octanol–water partition coefficient (Wildman–Crippen LogP) is 4.70. The van der Waals surface area contributed by atoms with E-state index in [2.05, 4.69) is 5.32 Å². The zero-order valence-corrected chi connectivity index (χ0v) is 12.1. The number of nitrogens with one attached hydrogen (secondary N) is 1. The summed E-state index contributed by atoms with van der Waals surface area (Å²) in [6, 6.07) is 9.97. The molecular weight excluding hydrogens is 313 g/mol. The van der Waals surface area contributed by atoms with E-state index in [4.69, 9.17) is 27.6 Å². The predicted molar refractivity (Wildman–Crippen MR) is 82.3 cm³/mol. The van der Waals surface area contributed by atoms with Crippen molar-refractivity contribution >= 4 is 45.8 Å². The molecule has 0 aliphatic carbocycles. The van der Waals surface area contributed by atoms with Crippen LogP contribution in [0, 0.1) is 0 Å². The van der Waals surface area contributed by atoms with Gasteiger partial charge in [0.15, 0.2) is 5.75 Å². The molecule has 0 radical (unpaired) electrons. The third-order valence-electron chi connectivity index (χ3n) is 3.00. The normalized spacial score (nSPS) is 10.8. The third-order valence-corrected chi connectivity index (χ3v) is 3.51. The lowest BCUT2D eigenvalue weighted by Gasteiger charge is -2.08. The summed E-state index contributed by atoms with van der Waals surface area (Å²) in [5, 5.41) is 13.5. The fraction of sp³-hybridized carbons (Fsp3) is 0. The molecular formula is C15H9Cl2NO3. The number of benzene rings is 2. The lowest BCUT2D eigenvalue weighted by Crippen LogP contribution is -2.11. The van der Waals surface area contributed by atoms with Gasteiger partial charge in [0.25, 0.3) is 5.91 Å². The zero-order chi connectivity index (χ0) is 15.0. The molecule has 2 aromatic carbocycles. The minimum absolute atomic E-state index is 0.0647. The Kier molecular flexibility index (Phi) is 3.49. The van der Waals surface area contributed by atoms with Crippen LogP contribution < -0.4 is 5.32 Å². The molecule has 2 N–H and O–H groups in total. The molecule has 21 heavy (non-hydrogen) atoms. The minimum Gasteiger partial charge on any atom is -0.504 e. The Morgan fingerprint density at radius 1 is 1.19 bits per heavy atom. The molecule has 0 unspecified atom stereocenters. The molecule has 0 saturated carbocycles. The first kappa shape index (κ1) is 13.8. The van der Waals surface area contributed by atoms with E-state index in [-0.39, 0.29) is 16.5 Å². The number of carbonyl (C=O) groups excluding carboxylic acids is 1. The highest BCUT2D eigenvalue weighted by Crippen LogP contribution is 2.35. The van der Waals surface area contributed by atoms with Crippen LogP contribution in [0.4, 0.5) is 5.69 Å². The topological polar surface area (TPSA) is 62.5 Å². The van der Waals surface area contributed by atoms with Gasteiger partial charge in [-0.3, -0.25) is 4.79 Å². The summed E-state index contributed by atoms with van der Waals surface area (Å²) in [5.41, 5.74) is 1.11. The number of aromatic hydroxyl groups is 1. The van der Waals surface area contributed by atoms with Crippen LogP contribution in [0.2, 0.25) is 10.0 Å². The van der Waals surface area contributed by atoms with Crippen molar-refractivity contribution in [2.24, 2.45) is 0 Å². The van der Waals surface area contributed by atoms with Gasteiger partial charge in [0, 0.05) is 10.4 Å². The van der Waals surface area contributed by atoms with E-state index < -0.39 is 5.91 Å². The molecule has 0 atom stereocenters. The standard InChI is InChI=1S/C15H9Cl2NO3/c16-8-5-11(17)14(19)12(6-8)18-15(20)10-7-21-13-4-2-1-3-9(10)13/h1-7,19H,(H,18,20). The maximum Gasteiger partial charge on any atom is 0.259 e. The first-order valence-corrected chi connectivity index (χ1v) is 6.77. The Morgan fingerprint density at radius 2 is 1.95 bits per heavy atom. The van der Waals surface area contributed by atoms with E-state index in [9.17, 15) is 9.90 Å². The summed E-state index contributed by atoms with van der Waals surface area (Å²) < 4.78 is 5.31. The minimum atomic E-state index is -0.423. The monoisotopic (exact) mass is 321 g/mol. The number of rotatable bonds is 2. The Hall–Kier alpha value is -2.17. The molecule has 106 valence electrons. The second-order valence-corrected chi connectivity index (χ2v) is 5.23. The summed E-state index contributed by atoms with van der Waals surface area (Å²) >= 11 is 11.7. The second kappa shape index (κ2) is 5.31. The number of halogens is 2. The second-order valence-electron chi connectivity index (χ2n) is 4.38. The van der Waals surface area contributed by atoms with E-state index >= 15 is 0 Å². The summed E-state index contributed by atoms with van der Waals surface area (Å²) in [7, 11) is 0. The smallest absolute Gasteiger partial charge is 0.259 e. The molecule has 1 amide bonds. The molecule has 3 rings (SSSR count).